The third-order valence-electron chi connectivity index (χ3n) is 2.54. The molecule has 0 aliphatic carbocycles. The largest absolute Gasteiger partial charge is 0.437 e. The van der Waals surface area contributed by atoms with E-state index < -0.39 is 0 Å². The molecule has 6 heteroatoms. The summed E-state index contributed by atoms with van der Waals surface area (Å²) in [5.74, 6) is 0.952. The van der Waals surface area contributed by atoms with Gasteiger partial charge in [0.05, 0.1) is 12.9 Å². The van der Waals surface area contributed by atoms with Gasteiger partial charge in [-0.1, -0.05) is 18.2 Å². The first kappa shape index (κ1) is 10.7. The van der Waals surface area contributed by atoms with E-state index in [1.54, 1.807) is 12.1 Å². The Kier molecular flexibility index (Phi) is 2.62. The van der Waals surface area contributed by atoms with Crippen molar-refractivity contribution in [3.63, 3.8) is 0 Å². The van der Waals surface area contributed by atoms with Crippen molar-refractivity contribution in [2.24, 2.45) is 0 Å². The maximum Gasteiger partial charge on any atom is 0.248 e. The number of hydrogen-bond acceptors (Lipinski definition) is 5. The first-order valence-corrected chi connectivity index (χ1v) is 5.39. The second-order valence-corrected chi connectivity index (χ2v) is 3.65. The maximum atomic E-state index is 9.24. The van der Waals surface area contributed by atoms with Gasteiger partial charge in [-0.05, 0) is 6.07 Å². The average Bonchev–Trinajstić information content (AvgIpc) is 2.89. The van der Waals surface area contributed by atoms with Crippen LogP contribution in [0.1, 0.15) is 5.56 Å². The minimum absolute atomic E-state index is 0.0899. The Bertz CT molecular complexity index is 680. The zero-order valence-electron chi connectivity index (χ0n) is 9.37. The number of nitrogens with zero attached hydrogens (tertiary/aromatic N) is 3. The monoisotopic (exact) mass is 242 g/mol. The van der Waals surface area contributed by atoms with Crippen LogP contribution in [0.4, 0.5) is 0 Å². The molecule has 0 aliphatic rings. The normalized spacial score (nSPS) is 10.7. The predicted octanol–water partition coefficient (Wildman–Crippen LogP) is 1.64. The summed E-state index contributed by atoms with van der Waals surface area (Å²) in [6.07, 6.45) is 2.92. The molecule has 18 heavy (non-hydrogen) atoms. The van der Waals surface area contributed by atoms with Crippen molar-refractivity contribution in [3.8, 4) is 11.6 Å². The standard InChI is InChI=1S/C12H10N4O2/c17-5-8-3-1-2-4-9(8)18-12-10-11(14-6-13-10)15-7-16-12/h1-4,6-7,17H,5H2,(H,13,14,15,16). The molecule has 0 saturated carbocycles. The van der Waals surface area contributed by atoms with Gasteiger partial charge < -0.3 is 14.8 Å². The first-order valence-electron chi connectivity index (χ1n) is 5.39. The van der Waals surface area contributed by atoms with Gasteiger partial charge in [0.25, 0.3) is 0 Å². The van der Waals surface area contributed by atoms with E-state index in [1.807, 2.05) is 12.1 Å². The van der Waals surface area contributed by atoms with Crippen molar-refractivity contribution in [1.29, 1.82) is 0 Å². The van der Waals surface area contributed by atoms with E-state index in [4.69, 9.17) is 4.74 Å². The molecule has 3 aromatic rings. The predicted molar refractivity (Wildman–Crippen MR) is 64.1 cm³/mol. The molecule has 2 heterocycles. The number of aliphatic hydroxyl groups is 1. The summed E-state index contributed by atoms with van der Waals surface area (Å²) in [6.45, 7) is -0.0899. The van der Waals surface area contributed by atoms with Gasteiger partial charge in [0.15, 0.2) is 5.65 Å². The smallest absolute Gasteiger partial charge is 0.248 e. The molecule has 0 bridgehead atoms. The number of benzene rings is 1. The summed E-state index contributed by atoms with van der Waals surface area (Å²) in [5, 5.41) is 9.24. The van der Waals surface area contributed by atoms with Crippen LogP contribution in [0.25, 0.3) is 11.2 Å². The van der Waals surface area contributed by atoms with Crippen molar-refractivity contribution >= 4 is 11.2 Å². The highest BCUT2D eigenvalue weighted by Gasteiger charge is 2.10. The van der Waals surface area contributed by atoms with E-state index in [-0.39, 0.29) is 6.61 Å². The molecular weight excluding hydrogens is 232 g/mol. The molecule has 0 fully saturated rings. The quantitative estimate of drug-likeness (QED) is 0.729. The minimum atomic E-state index is -0.0899. The highest BCUT2D eigenvalue weighted by atomic mass is 16.5. The number of ether oxygens (including phenoxy) is 1. The number of imidazole rings is 1. The van der Waals surface area contributed by atoms with Crippen LogP contribution in [-0.2, 0) is 6.61 Å². The lowest BCUT2D eigenvalue weighted by atomic mass is 10.2. The van der Waals surface area contributed by atoms with Crippen LogP contribution in [-0.4, -0.2) is 25.0 Å². The minimum Gasteiger partial charge on any atom is -0.437 e. The fraction of sp³-hybridized carbons (Fsp3) is 0.0833. The van der Waals surface area contributed by atoms with Crippen molar-refractivity contribution < 1.29 is 9.84 Å². The van der Waals surface area contributed by atoms with Crippen molar-refractivity contribution in [2.75, 3.05) is 0 Å². The van der Waals surface area contributed by atoms with E-state index in [2.05, 4.69) is 19.9 Å². The van der Waals surface area contributed by atoms with Gasteiger partial charge in [0.2, 0.25) is 5.88 Å². The van der Waals surface area contributed by atoms with Gasteiger partial charge in [0, 0.05) is 5.56 Å². The van der Waals surface area contributed by atoms with Crippen molar-refractivity contribution in [2.45, 2.75) is 6.61 Å². The molecule has 0 aliphatic heterocycles. The molecule has 0 radical (unpaired) electrons. The number of aromatic amines is 1. The molecule has 2 N–H and O–H groups in total. The molecule has 0 unspecified atom stereocenters. The lowest BCUT2D eigenvalue weighted by Gasteiger charge is -2.08. The molecule has 6 nitrogen and oxygen atoms in total. The fourth-order valence-corrected chi connectivity index (χ4v) is 1.66. The zero-order valence-corrected chi connectivity index (χ0v) is 9.37. The topological polar surface area (TPSA) is 83.9 Å². The van der Waals surface area contributed by atoms with E-state index in [0.717, 1.165) is 0 Å². The molecule has 0 amide bonds. The number of para-hydroxylation sites is 1. The SMILES string of the molecule is OCc1ccccc1Oc1ncnc2nc[nH]c12. The molecular formula is C12H10N4O2. The third-order valence-corrected chi connectivity index (χ3v) is 2.54. The summed E-state index contributed by atoms with van der Waals surface area (Å²) < 4.78 is 5.69. The Morgan fingerprint density at radius 2 is 2.06 bits per heavy atom. The van der Waals surface area contributed by atoms with Crippen molar-refractivity contribution in [3.05, 3.63) is 42.5 Å². The molecule has 2 aromatic heterocycles. The number of H-pyrrole nitrogens is 1. The maximum absolute atomic E-state index is 9.24. The number of aromatic nitrogens is 4. The summed E-state index contributed by atoms with van der Waals surface area (Å²) in [6, 6.07) is 7.24. The summed E-state index contributed by atoms with van der Waals surface area (Å²) >= 11 is 0. The van der Waals surface area contributed by atoms with Crippen molar-refractivity contribution in [1.82, 2.24) is 19.9 Å². The van der Waals surface area contributed by atoms with E-state index >= 15 is 0 Å². The Morgan fingerprint density at radius 1 is 1.17 bits per heavy atom. The first-order chi connectivity index (χ1) is 8.88. The van der Waals surface area contributed by atoms with Crippen LogP contribution in [0.2, 0.25) is 0 Å². The Morgan fingerprint density at radius 3 is 2.94 bits per heavy atom. The van der Waals surface area contributed by atoms with E-state index in [0.29, 0.717) is 28.4 Å². The lowest BCUT2D eigenvalue weighted by molar-refractivity contribution is 0.276. The van der Waals surface area contributed by atoms with Crippen LogP contribution in [0, 0.1) is 0 Å². The number of nitrogens with one attached hydrogen (secondary N) is 1. The summed E-state index contributed by atoms with van der Waals surface area (Å²) in [7, 11) is 0. The van der Waals surface area contributed by atoms with Gasteiger partial charge in [-0.3, -0.25) is 0 Å². The lowest BCUT2D eigenvalue weighted by Crippen LogP contribution is -1.94. The van der Waals surface area contributed by atoms with E-state index in [1.165, 1.54) is 12.7 Å². The van der Waals surface area contributed by atoms with Crippen LogP contribution in [0.15, 0.2) is 36.9 Å². The summed E-state index contributed by atoms with van der Waals surface area (Å²) in [5.41, 5.74) is 1.87. The Labute approximate surface area is 102 Å². The van der Waals surface area contributed by atoms with E-state index in [9.17, 15) is 5.11 Å². The average molecular weight is 242 g/mol. The van der Waals surface area contributed by atoms with Gasteiger partial charge in [-0.25, -0.2) is 9.97 Å². The highest BCUT2D eigenvalue weighted by molar-refractivity contribution is 5.75. The molecule has 3 rings (SSSR count). The number of fused-ring (bicyclic) bond motifs is 1. The van der Waals surface area contributed by atoms with Gasteiger partial charge in [-0.2, -0.15) is 4.98 Å². The summed E-state index contributed by atoms with van der Waals surface area (Å²) in [4.78, 5) is 15.0. The van der Waals surface area contributed by atoms with Crippen LogP contribution >= 0.6 is 0 Å². The number of aliphatic hydroxyl groups excluding tert-OH is 1. The number of hydrogen-bond donors (Lipinski definition) is 2. The zero-order chi connectivity index (χ0) is 12.4. The van der Waals surface area contributed by atoms with Crippen LogP contribution < -0.4 is 4.74 Å². The second kappa shape index (κ2) is 4.42. The molecule has 0 spiro atoms. The molecule has 0 atom stereocenters. The molecule has 90 valence electrons. The van der Waals surface area contributed by atoms with Gasteiger partial charge in [-0.15, -0.1) is 0 Å². The highest BCUT2D eigenvalue weighted by Crippen LogP contribution is 2.27. The van der Waals surface area contributed by atoms with Gasteiger partial charge in [0.1, 0.15) is 17.6 Å². The number of rotatable bonds is 3. The second-order valence-electron chi connectivity index (χ2n) is 3.65. The molecule has 0 saturated heterocycles. The fourth-order valence-electron chi connectivity index (χ4n) is 1.66. The van der Waals surface area contributed by atoms with Crippen LogP contribution in [0.5, 0.6) is 11.6 Å². The van der Waals surface area contributed by atoms with Gasteiger partial charge >= 0.3 is 0 Å². The molecule has 1 aromatic carbocycles. The third kappa shape index (κ3) is 1.78. The Balaban J connectivity index is 2.04. The van der Waals surface area contributed by atoms with Crippen LogP contribution in [0.3, 0.4) is 0 Å². The Hall–Kier alpha value is -2.47.